The van der Waals surface area contributed by atoms with Gasteiger partial charge < -0.3 is 9.15 Å². The monoisotopic (exact) mass is 690 g/mol. The molecule has 0 bridgehead atoms. The second kappa shape index (κ2) is 12.4. The first-order chi connectivity index (χ1) is 26.7. The minimum Gasteiger partial charge on any atom is -0.485 e. The number of rotatable bonds is 5. The fourth-order valence-corrected chi connectivity index (χ4v) is 8.64. The van der Waals surface area contributed by atoms with Gasteiger partial charge in [-0.3, -0.25) is 0 Å². The van der Waals surface area contributed by atoms with E-state index in [2.05, 4.69) is 182 Å². The van der Waals surface area contributed by atoms with Crippen LogP contribution in [-0.2, 0) is 6.42 Å². The van der Waals surface area contributed by atoms with Gasteiger partial charge in [-0.1, -0.05) is 140 Å². The smallest absolute Gasteiger partial charge is 0.135 e. The Morgan fingerprint density at radius 3 is 1.76 bits per heavy atom. The van der Waals surface area contributed by atoms with Gasteiger partial charge in [0.05, 0.1) is 0 Å². The lowest BCUT2D eigenvalue weighted by Gasteiger charge is -2.19. The Labute approximate surface area is 313 Å². The van der Waals surface area contributed by atoms with Crippen LogP contribution in [0.5, 0.6) is 5.75 Å². The van der Waals surface area contributed by atoms with E-state index < -0.39 is 0 Å². The van der Waals surface area contributed by atoms with Crippen molar-refractivity contribution in [2.45, 2.75) is 12.5 Å². The van der Waals surface area contributed by atoms with Crippen molar-refractivity contribution < 1.29 is 9.15 Å². The van der Waals surface area contributed by atoms with Crippen LogP contribution in [0.2, 0.25) is 0 Å². The highest BCUT2D eigenvalue weighted by Gasteiger charge is 2.25. The van der Waals surface area contributed by atoms with Crippen molar-refractivity contribution >= 4 is 43.3 Å². The summed E-state index contributed by atoms with van der Waals surface area (Å²) in [6.45, 7) is 0. The Balaban J connectivity index is 1.06. The number of hydrogen-bond acceptors (Lipinski definition) is 2. The number of furan rings is 1. The zero-order chi connectivity index (χ0) is 35.6. The van der Waals surface area contributed by atoms with Crippen LogP contribution < -0.4 is 4.74 Å². The summed E-state index contributed by atoms with van der Waals surface area (Å²) in [4.78, 5) is 0. The van der Waals surface area contributed by atoms with E-state index in [9.17, 15) is 0 Å². The van der Waals surface area contributed by atoms with E-state index in [1.807, 2.05) is 6.07 Å². The average molecular weight is 691 g/mol. The lowest BCUT2D eigenvalue weighted by atomic mass is 9.83. The fraction of sp³-hybridized carbons (Fsp3) is 0.0385. The van der Waals surface area contributed by atoms with E-state index >= 15 is 0 Å². The maximum absolute atomic E-state index is 6.52. The summed E-state index contributed by atoms with van der Waals surface area (Å²) >= 11 is 0. The van der Waals surface area contributed by atoms with Gasteiger partial charge in [-0.15, -0.1) is 0 Å². The van der Waals surface area contributed by atoms with Crippen LogP contribution in [0.4, 0.5) is 0 Å². The number of hydrogen-bond donors (Lipinski definition) is 0. The maximum atomic E-state index is 6.52. The van der Waals surface area contributed by atoms with Crippen LogP contribution in [0.3, 0.4) is 0 Å². The van der Waals surface area contributed by atoms with Crippen LogP contribution in [0.25, 0.3) is 88.0 Å². The minimum atomic E-state index is 0.0391. The normalized spacial score (nSPS) is 13.8. The molecule has 2 heteroatoms. The Hall–Kier alpha value is -6.90. The second-order valence-corrected chi connectivity index (χ2v) is 14.4. The third-order valence-electron chi connectivity index (χ3n) is 11.2. The van der Waals surface area contributed by atoms with Crippen LogP contribution in [0, 0.1) is 0 Å². The Bertz CT molecular complexity index is 2990. The molecule has 54 heavy (non-hydrogen) atoms. The first-order valence-electron chi connectivity index (χ1n) is 18.7. The molecule has 1 aromatic heterocycles. The molecule has 9 aromatic carbocycles. The van der Waals surface area contributed by atoms with E-state index in [1.165, 1.54) is 76.8 Å². The van der Waals surface area contributed by atoms with E-state index in [0.29, 0.717) is 0 Å². The summed E-state index contributed by atoms with van der Waals surface area (Å²) in [5.41, 5.74) is 11.7. The van der Waals surface area contributed by atoms with Gasteiger partial charge in [-0.05, 0) is 125 Å². The van der Waals surface area contributed by atoms with Gasteiger partial charge in [-0.25, -0.2) is 0 Å². The van der Waals surface area contributed by atoms with Crippen molar-refractivity contribution in [1.29, 1.82) is 0 Å². The Morgan fingerprint density at radius 1 is 0.407 bits per heavy atom. The topological polar surface area (TPSA) is 22.4 Å². The first kappa shape index (κ1) is 30.7. The first-order valence-corrected chi connectivity index (χ1v) is 18.7. The predicted octanol–water partition coefficient (Wildman–Crippen LogP) is 14.2. The molecule has 0 radical (unpaired) electrons. The number of ether oxygens (including phenoxy) is 1. The molecule has 0 saturated carbocycles. The van der Waals surface area contributed by atoms with Gasteiger partial charge in [0.1, 0.15) is 23.2 Å². The highest BCUT2D eigenvalue weighted by Crippen LogP contribution is 2.47. The molecule has 1 aliphatic rings. The largest absolute Gasteiger partial charge is 0.485 e. The summed E-state index contributed by atoms with van der Waals surface area (Å²) in [5.74, 6) is 1.82. The van der Waals surface area contributed by atoms with E-state index in [4.69, 9.17) is 9.15 Å². The van der Waals surface area contributed by atoms with E-state index in [1.54, 1.807) is 0 Å². The number of benzene rings is 9. The summed E-state index contributed by atoms with van der Waals surface area (Å²) in [7, 11) is 0. The lowest BCUT2D eigenvalue weighted by molar-refractivity contribution is 0.238. The highest BCUT2D eigenvalue weighted by atomic mass is 16.5. The molecule has 0 N–H and O–H groups in total. The Morgan fingerprint density at radius 2 is 1.02 bits per heavy atom. The lowest BCUT2D eigenvalue weighted by Crippen LogP contribution is -2.02. The van der Waals surface area contributed by atoms with Crippen LogP contribution in [-0.4, -0.2) is 0 Å². The number of fused-ring (bicyclic) bond motifs is 5. The van der Waals surface area contributed by atoms with Gasteiger partial charge in [-0.2, -0.15) is 0 Å². The zero-order valence-electron chi connectivity index (χ0n) is 29.5. The SMILES string of the molecule is c1ccc(-c2cc(-c3c4ccccc4c(-c4ccc5oc(-c6ccc7c(c6)CC(c6ccccc6)O7)cc5c4)c4ccccc34)c3ccccc3c2)cc1. The Kier molecular flexibility index (Phi) is 7.03. The average Bonchev–Trinajstić information content (AvgIpc) is 3.87. The van der Waals surface area contributed by atoms with Crippen LogP contribution in [0.15, 0.2) is 192 Å². The van der Waals surface area contributed by atoms with Crippen molar-refractivity contribution in [3.05, 3.63) is 199 Å². The van der Waals surface area contributed by atoms with E-state index in [-0.39, 0.29) is 6.10 Å². The molecule has 2 nitrogen and oxygen atoms in total. The fourth-order valence-electron chi connectivity index (χ4n) is 8.64. The highest BCUT2D eigenvalue weighted by molar-refractivity contribution is 6.24. The summed E-state index contributed by atoms with van der Waals surface area (Å²) in [6, 6.07) is 67.7. The molecule has 10 aromatic rings. The molecule has 11 rings (SSSR count). The quantitative estimate of drug-likeness (QED) is 0.168. The molecular weight excluding hydrogens is 657 g/mol. The summed E-state index contributed by atoms with van der Waals surface area (Å²) in [5, 5.41) is 8.51. The molecule has 1 atom stereocenters. The zero-order valence-corrected chi connectivity index (χ0v) is 29.5. The summed E-state index contributed by atoms with van der Waals surface area (Å²) in [6.07, 6.45) is 0.886. The van der Waals surface area contributed by atoms with Crippen molar-refractivity contribution in [3.8, 4) is 50.5 Å². The second-order valence-electron chi connectivity index (χ2n) is 14.4. The van der Waals surface area contributed by atoms with Crippen LogP contribution >= 0.6 is 0 Å². The third kappa shape index (κ3) is 5.03. The van der Waals surface area contributed by atoms with E-state index in [0.717, 1.165) is 34.5 Å². The third-order valence-corrected chi connectivity index (χ3v) is 11.2. The molecule has 1 unspecified atom stereocenters. The van der Waals surface area contributed by atoms with Gasteiger partial charge in [0.25, 0.3) is 0 Å². The predicted molar refractivity (Wildman–Crippen MR) is 224 cm³/mol. The maximum Gasteiger partial charge on any atom is 0.135 e. The molecule has 0 spiro atoms. The molecule has 0 saturated heterocycles. The molecule has 0 amide bonds. The van der Waals surface area contributed by atoms with Gasteiger partial charge in [0.15, 0.2) is 0 Å². The van der Waals surface area contributed by atoms with Crippen molar-refractivity contribution in [2.24, 2.45) is 0 Å². The molecule has 0 fully saturated rings. The molecule has 2 heterocycles. The standard InChI is InChI=1S/C52H34O2/c1-3-13-33(14-4-1)38-27-35-17-7-8-18-41(35)46(30-38)52-44-21-11-9-19-42(44)51(43-20-10-12-22-45(43)52)37-24-26-48-40(29-37)32-50(54-48)36-23-25-47-39(28-36)31-49(53-47)34-15-5-2-6-16-34/h1-30,32,49H,31H2. The van der Waals surface area contributed by atoms with Crippen LogP contribution in [0.1, 0.15) is 17.2 Å². The molecule has 1 aliphatic heterocycles. The molecular formula is C52H34O2. The summed E-state index contributed by atoms with van der Waals surface area (Å²) < 4.78 is 12.8. The van der Waals surface area contributed by atoms with Crippen molar-refractivity contribution in [1.82, 2.24) is 0 Å². The molecule has 254 valence electrons. The molecule has 0 aliphatic carbocycles. The van der Waals surface area contributed by atoms with Gasteiger partial charge in [0, 0.05) is 17.4 Å². The van der Waals surface area contributed by atoms with Gasteiger partial charge >= 0.3 is 0 Å². The van der Waals surface area contributed by atoms with Crippen molar-refractivity contribution in [3.63, 3.8) is 0 Å². The minimum absolute atomic E-state index is 0.0391. The van der Waals surface area contributed by atoms with Gasteiger partial charge in [0.2, 0.25) is 0 Å². The van der Waals surface area contributed by atoms with Crippen molar-refractivity contribution in [2.75, 3.05) is 0 Å².